The largest absolute Gasteiger partial charge is 0.452 e. The van der Waals surface area contributed by atoms with Gasteiger partial charge in [0.05, 0.1) is 21.1 Å². The first-order valence-corrected chi connectivity index (χ1v) is 9.52. The lowest BCUT2D eigenvalue weighted by Gasteiger charge is -2.10. The number of nitro benzene ring substituents is 1. The van der Waals surface area contributed by atoms with Gasteiger partial charge in [-0.2, -0.15) is 0 Å². The Bertz CT molecular complexity index is 1280. The van der Waals surface area contributed by atoms with Gasteiger partial charge in [0.25, 0.3) is 5.69 Å². The average molecular weight is 436 g/mol. The molecule has 8 heteroatoms. The zero-order chi connectivity index (χ0) is 22.1. The van der Waals surface area contributed by atoms with Crippen LogP contribution in [-0.2, 0) is 0 Å². The number of hydrogen-bond acceptors (Lipinski definition) is 6. The molecule has 31 heavy (non-hydrogen) atoms. The van der Waals surface area contributed by atoms with Crippen molar-refractivity contribution in [2.45, 2.75) is 6.92 Å². The van der Waals surface area contributed by atoms with E-state index in [4.69, 9.17) is 21.1 Å². The molecule has 3 aromatic rings. The lowest BCUT2D eigenvalue weighted by Crippen LogP contribution is -2.10. The number of Topliss-reactive ketones (excluding diaryl/α,β-unsaturated/α-hetero) is 1. The second-order valence-electron chi connectivity index (χ2n) is 6.73. The van der Waals surface area contributed by atoms with Gasteiger partial charge in [-0.1, -0.05) is 35.9 Å². The molecule has 0 saturated carbocycles. The summed E-state index contributed by atoms with van der Waals surface area (Å²) in [5.74, 6) is -0.480. The van der Waals surface area contributed by atoms with E-state index in [2.05, 4.69) is 0 Å². The zero-order valence-electron chi connectivity index (χ0n) is 16.1. The number of ketones is 1. The van der Waals surface area contributed by atoms with Crippen LogP contribution in [0.4, 0.5) is 5.69 Å². The van der Waals surface area contributed by atoms with Crippen molar-refractivity contribution in [2.75, 3.05) is 0 Å². The molecule has 3 aromatic carbocycles. The number of fused-ring (bicyclic) bond motifs is 1. The van der Waals surface area contributed by atoms with E-state index in [1.165, 1.54) is 36.4 Å². The highest BCUT2D eigenvalue weighted by molar-refractivity contribution is 6.33. The number of nitrogens with zero attached hydrogens (tertiary/aromatic N) is 1. The summed E-state index contributed by atoms with van der Waals surface area (Å²) in [4.78, 5) is 35.6. The van der Waals surface area contributed by atoms with Crippen LogP contribution < -0.4 is 9.47 Å². The summed E-state index contributed by atoms with van der Waals surface area (Å²) < 4.78 is 11.2. The molecular weight excluding hydrogens is 422 g/mol. The number of carbonyl (C=O) groups is 2. The van der Waals surface area contributed by atoms with Gasteiger partial charge >= 0.3 is 5.97 Å². The number of rotatable bonds is 4. The molecule has 0 aromatic heterocycles. The van der Waals surface area contributed by atoms with Gasteiger partial charge in [0.2, 0.25) is 5.78 Å². The molecule has 4 rings (SSSR count). The fourth-order valence-corrected chi connectivity index (χ4v) is 3.35. The molecule has 0 fully saturated rings. The SMILES string of the molecule is Cc1c(OC(=O)c2ccccc2Cl)ccc2c1O/C(=C\c1cccc([N+](=O)[O-])c1)C2=O. The molecule has 1 aliphatic heterocycles. The number of benzene rings is 3. The molecule has 0 amide bonds. The van der Waals surface area contributed by atoms with E-state index in [-0.39, 0.29) is 39.3 Å². The van der Waals surface area contributed by atoms with E-state index in [0.29, 0.717) is 16.7 Å². The van der Waals surface area contributed by atoms with Gasteiger partial charge in [-0.05, 0) is 42.8 Å². The van der Waals surface area contributed by atoms with E-state index in [1.807, 2.05) is 0 Å². The van der Waals surface area contributed by atoms with Crippen molar-refractivity contribution < 1.29 is 24.0 Å². The van der Waals surface area contributed by atoms with Crippen molar-refractivity contribution in [3.63, 3.8) is 0 Å². The molecule has 1 aliphatic rings. The number of ether oxygens (including phenoxy) is 2. The molecule has 0 unspecified atom stereocenters. The van der Waals surface area contributed by atoms with Crippen molar-refractivity contribution >= 4 is 35.1 Å². The smallest absolute Gasteiger partial charge is 0.345 e. The third-order valence-electron chi connectivity index (χ3n) is 4.71. The summed E-state index contributed by atoms with van der Waals surface area (Å²) >= 11 is 6.05. The summed E-state index contributed by atoms with van der Waals surface area (Å²) in [7, 11) is 0. The fourth-order valence-electron chi connectivity index (χ4n) is 3.14. The lowest BCUT2D eigenvalue weighted by atomic mass is 10.1. The maximum Gasteiger partial charge on any atom is 0.345 e. The Hall–Kier alpha value is -3.97. The normalized spacial score (nSPS) is 13.6. The number of halogens is 1. The fraction of sp³-hybridized carbons (Fsp3) is 0.0435. The maximum absolute atomic E-state index is 12.7. The van der Waals surface area contributed by atoms with Crippen LogP contribution in [-0.4, -0.2) is 16.7 Å². The van der Waals surface area contributed by atoms with Gasteiger partial charge in [-0.25, -0.2) is 4.79 Å². The molecule has 1 heterocycles. The molecule has 0 spiro atoms. The Balaban J connectivity index is 1.63. The number of esters is 1. The van der Waals surface area contributed by atoms with Crippen molar-refractivity contribution in [2.24, 2.45) is 0 Å². The zero-order valence-corrected chi connectivity index (χ0v) is 16.9. The first kappa shape index (κ1) is 20.3. The lowest BCUT2D eigenvalue weighted by molar-refractivity contribution is -0.384. The molecule has 0 bridgehead atoms. The monoisotopic (exact) mass is 435 g/mol. The minimum absolute atomic E-state index is 0.0215. The third kappa shape index (κ3) is 3.91. The first-order chi connectivity index (χ1) is 14.8. The second-order valence-corrected chi connectivity index (χ2v) is 7.13. The van der Waals surface area contributed by atoms with Crippen LogP contribution in [0.5, 0.6) is 11.5 Å². The molecule has 0 radical (unpaired) electrons. The minimum atomic E-state index is -0.634. The van der Waals surface area contributed by atoms with Crippen molar-refractivity contribution in [3.05, 3.63) is 104 Å². The quantitative estimate of drug-likeness (QED) is 0.179. The number of allylic oxidation sites excluding steroid dienone is 1. The summed E-state index contributed by atoms with van der Waals surface area (Å²) in [6.45, 7) is 1.66. The first-order valence-electron chi connectivity index (χ1n) is 9.14. The molecule has 0 atom stereocenters. The molecule has 7 nitrogen and oxygen atoms in total. The van der Waals surface area contributed by atoms with Crippen LogP contribution in [0.1, 0.15) is 31.8 Å². The highest BCUT2D eigenvalue weighted by atomic mass is 35.5. The standard InChI is InChI=1S/C23H14ClNO6/c1-13-19(31-23(27)16-7-2-3-8-18(16)24)10-9-17-21(26)20(30-22(13)17)12-14-5-4-6-15(11-14)25(28)29/h2-12H,1H3/b20-12-. The van der Waals surface area contributed by atoms with Crippen LogP contribution in [0.25, 0.3) is 6.08 Å². The number of carbonyl (C=O) groups excluding carboxylic acids is 2. The number of nitro groups is 1. The van der Waals surface area contributed by atoms with E-state index in [0.717, 1.165) is 0 Å². The van der Waals surface area contributed by atoms with E-state index in [1.54, 1.807) is 37.3 Å². The van der Waals surface area contributed by atoms with Crippen LogP contribution in [0, 0.1) is 17.0 Å². The molecule has 0 aliphatic carbocycles. The Labute approximate surface area is 181 Å². The molecule has 0 saturated heterocycles. The van der Waals surface area contributed by atoms with Gasteiger partial charge in [-0.15, -0.1) is 0 Å². The van der Waals surface area contributed by atoms with Gasteiger partial charge in [-0.3, -0.25) is 14.9 Å². The number of non-ortho nitro benzene ring substituents is 1. The van der Waals surface area contributed by atoms with Gasteiger partial charge < -0.3 is 9.47 Å². The number of hydrogen-bond donors (Lipinski definition) is 0. The molecule has 154 valence electrons. The second kappa shape index (κ2) is 8.04. The Morgan fingerprint density at radius 2 is 1.90 bits per heavy atom. The summed E-state index contributed by atoms with van der Waals surface area (Å²) in [6, 6.07) is 15.4. The Morgan fingerprint density at radius 1 is 1.13 bits per heavy atom. The predicted molar refractivity (Wildman–Crippen MR) is 114 cm³/mol. The van der Waals surface area contributed by atoms with Gasteiger partial charge in [0, 0.05) is 17.7 Å². The van der Waals surface area contributed by atoms with Crippen LogP contribution in [0.3, 0.4) is 0 Å². The Morgan fingerprint density at radius 3 is 2.65 bits per heavy atom. The van der Waals surface area contributed by atoms with Crippen molar-refractivity contribution in [1.29, 1.82) is 0 Å². The van der Waals surface area contributed by atoms with E-state index in [9.17, 15) is 19.7 Å². The van der Waals surface area contributed by atoms with E-state index < -0.39 is 10.9 Å². The summed E-state index contributed by atoms with van der Waals surface area (Å²) in [5, 5.41) is 11.2. The topological polar surface area (TPSA) is 95.7 Å². The van der Waals surface area contributed by atoms with Crippen LogP contribution >= 0.6 is 11.6 Å². The average Bonchev–Trinajstić information content (AvgIpc) is 3.06. The highest BCUT2D eigenvalue weighted by Crippen LogP contribution is 2.39. The maximum atomic E-state index is 12.7. The predicted octanol–water partition coefficient (Wildman–Crippen LogP) is 5.39. The molecular formula is C23H14ClNO6. The summed E-state index contributed by atoms with van der Waals surface area (Å²) in [5.41, 5.74) is 1.35. The van der Waals surface area contributed by atoms with Gasteiger partial charge in [0.15, 0.2) is 5.76 Å². The third-order valence-corrected chi connectivity index (χ3v) is 5.04. The minimum Gasteiger partial charge on any atom is -0.452 e. The Kier molecular flexibility index (Phi) is 5.27. The van der Waals surface area contributed by atoms with Gasteiger partial charge in [0.1, 0.15) is 11.5 Å². The van der Waals surface area contributed by atoms with Crippen molar-refractivity contribution in [1.82, 2.24) is 0 Å². The van der Waals surface area contributed by atoms with E-state index >= 15 is 0 Å². The van der Waals surface area contributed by atoms with Crippen molar-refractivity contribution in [3.8, 4) is 11.5 Å². The summed E-state index contributed by atoms with van der Waals surface area (Å²) in [6.07, 6.45) is 1.43. The highest BCUT2D eigenvalue weighted by Gasteiger charge is 2.31. The van der Waals surface area contributed by atoms with Crippen LogP contribution in [0.15, 0.2) is 66.4 Å². The van der Waals surface area contributed by atoms with Crippen LogP contribution in [0.2, 0.25) is 5.02 Å². The molecule has 0 N–H and O–H groups in total.